The largest absolute Gasteiger partial charge is 0.353 e. The minimum Gasteiger partial charge on any atom is -0.353 e. The molecule has 2 N–H and O–H groups in total. The summed E-state index contributed by atoms with van der Waals surface area (Å²) in [5.41, 5.74) is 12.1. The molecule has 2 heterocycles. The second kappa shape index (κ2) is 5.46. The van der Waals surface area contributed by atoms with Crippen LogP contribution in [0.5, 0.6) is 0 Å². The van der Waals surface area contributed by atoms with Gasteiger partial charge in [0.2, 0.25) is 0 Å². The molecule has 0 aliphatic carbocycles. The molecule has 5 heteroatoms. The van der Waals surface area contributed by atoms with E-state index >= 15 is 0 Å². The highest BCUT2D eigenvalue weighted by Gasteiger charge is 2.12. The van der Waals surface area contributed by atoms with Crippen molar-refractivity contribution in [3.63, 3.8) is 0 Å². The van der Waals surface area contributed by atoms with E-state index in [2.05, 4.69) is 33.2 Å². The second-order valence-corrected chi connectivity index (χ2v) is 5.14. The minimum absolute atomic E-state index is 0.510. The SMILES string of the molecule is Cc1cc(C)c(CN)c(N(C)Cc2cscn2)n1. The first-order chi connectivity index (χ1) is 8.61. The Kier molecular flexibility index (Phi) is 3.93. The summed E-state index contributed by atoms with van der Waals surface area (Å²) in [5, 5.41) is 2.06. The number of thiazole rings is 1. The molecule has 18 heavy (non-hydrogen) atoms. The maximum Gasteiger partial charge on any atom is 0.133 e. The number of pyridine rings is 1. The van der Waals surface area contributed by atoms with Crippen molar-refractivity contribution in [3.8, 4) is 0 Å². The third kappa shape index (κ3) is 2.68. The van der Waals surface area contributed by atoms with Gasteiger partial charge in [0.25, 0.3) is 0 Å². The van der Waals surface area contributed by atoms with Crippen molar-refractivity contribution in [2.75, 3.05) is 11.9 Å². The van der Waals surface area contributed by atoms with E-state index < -0.39 is 0 Å². The fourth-order valence-corrected chi connectivity index (χ4v) is 2.59. The molecule has 0 saturated heterocycles. The molecule has 0 unspecified atom stereocenters. The van der Waals surface area contributed by atoms with Crippen molar-refractivity contribution in [2.45, 2.75) is 26.9 Å². The van der Waals surface area contributed by atoms with Gasteiger partial charge in [-0.05, 0) is 25.5 Å². The molecule has 0 aliphatic rings. The summed E-state index contributed by atoms with van der Waals surface area (Å²) in [7, 11) is 2.03. The van der Waals surface area contributed by atoms with E-state index in [1.165, 1.54) is 5.56 Å². The van der Waals surface area contributed by atoms with Gasteiger partial charge in [0.1, 0.15) is 5.82 Å². The van der Waals surface area contributed by atoms with Crippen LogP contribution in [0.25, 0.3) is 0 Å². The lowest BCUT2D eigenvalue weighted by Gasteiger charge is -2.21. The number of aromatic nitrogens is 2. The van der Waals surface area contributed by atoms with Gasteiger partial charge in [-0.1, -0.05) is 0 Å². The zero-order chi connectivity index (χ0) is 13.1. The molecule has 0 radical (unpaired) electrons. The summed E-state index contributed by atoms with van der Waals surface area (Å²) in [4.78, 5) is 11.0. The molecule has 0 aromatic carbocycles. The minimum atomic E-state index is 0.510. The molecule has 2 aromatic rings. The summed E-state index contributed by atoms with van der Waals surface area (Å²) >= 11 is 1.61. The predicted octanol–water partition coefficient (Wildman–Crippen LogP) is 2.25. The zero-order valence-electron chi connectivity index (χ0n) is 11.0. The fraction of sp³-hybridized carbons (Fsp3) is 0.385. The van der Waals surface area contributed by atoms with Gasteiger partial charge in [0.05, 0.1) is 17.7 Å². The summed E-state index contributed by atoms with van der Waals surface area (Å²) in [6.45, 7) is 5.35. The third-order valence-electron chi connectivity index (χ3n) is 2.90. The Hall–Kier alpha value is -1.46. The maximum atomic E-state index is 5.83. The standard InChI is InChI=1S/C13H18N4S/c1-9-4-10(2)16-13(12(9)5-14)17(3)6-11-7-18-8-15-11/h4,7-8H,5-6,14H2,1-3H3. The Labute approximate surface area is 111 Å². The predicted molar refractivity (Wildman–Crippen MR) is 75.8 cm³/mol. The molecular formula is C13H18N4S. The first-order valence-corrected chi connectivity index (χ1v) is 6.81. The smallest absolute Gasteiger partial charge is 0.133 e. The average molecular weight is 262 g/mol. The fourth-order valence-electron chi connectivity index (χ4n) is 2.05. The number of hydrogen-bond acceptors (Lipinski definition) is 5. The lowest BCUT2D eigenvalue weighted by atomic mass is 10.1. The lowest BCUT2D eigenvalue weighted by molar-refractivity contribution is 0.848. The van der Waals surface area contributed by atoms with Crippen molar-refractivity contribution < 1.29 is 0 Å². The van der Waals surface area contributed by atoms with E-state index in [-0.39, 0.29) is 0 Å². The van der Waals surface area contributed by atoms with Crippen molar-refractivity contribution in [1.29, 1.82) is 0 Å². The number of rotatable bonds is 4. The first kappa shape index (κ1) is 13.0. The lowest BCUT2D eigenvalue weighted by Crippen LogP contribution is -2.21. The van der Waals surface area contributed by atoms with Crippen molar-refractivity contribution in [1.82, 2.24) is 9.97 Å². The van der Waals surface area contributed by atoms with Crippen LogP contribution in [-0.4, -0.2) is 17.0 Å². The molecule has 0 amide bonds. The summed E-state index contributed by atoms with van der Waals surface area (Å²) in [5.74, 6) is 0.961. The van der Waals surface area contributed by atoms with Crippen LogP contribution in [0.2, 0.25) is 0 Å². The van der Waals surface area contributed by atoms with Crippen LogP contribution in [0.4, 0.5) is 5.82 Å². The topological polar surface area (TPSA) is 55.0 Å². The Morgan fingerprint density at radius 1 is 1.39 bits per heavy atom. The van der Waals surface area contributed by atoms with E-state index in [9.17, 15) is 0 Å². The molecule has 2 aromatic heterocycles. The van der Waals surface area contributed by atoms with Crippen LogP contribution in [0, 0.1) is 13.8 Å². The molecule has 0 fully saturated rings. The third-order valence-corrected chi connectivity index (χ3v) is 3.54. The van der Waals surface area contributed by atoms with E-state index in [4.69, 9.17) is 5.73 Å². The highest BCUT2D eigenvalue weighted by atomic mass is 32.1. The van der Waals surface area contributed by atoms with Crippen LogP contribution in [0.15, 0.2) is 17.0 Å². The van der Waals surface area contributed by atoms with Gasteiger partial charge in [-0.15, -0.1) is 11.3 Å². The van der Waals surface area contributed by atoms with Crippen LogP contribution in [0.1, 0.15) is 22.5 Å². The molecule has 0 atom stereocenters. The monoisotopic (exact) mass is 262 g/mol. The molecule has 0 bridgehead atoms. The Morgan fingerprint density at radius 2 is 2.17 bits per heavy atom. The zero-order valence-corrected chi connectivity index (χ0v) is 11.8. The average Bonchev–Trinajstić information content (AvgIpc) is 2.80. The normalized spacial score (nSPS) is 10.7. The Balaban J connectivity index is 2.31. The molecule has 96 valence electrons. The number of nitrogens with two attached hydrogens (primary N) is 1. The highest BCUT2D eigenvalue weighted by molar-refractivity contribution is 7.07. The molecule has 0 aliphatic heterocycles. The number of aryl methyl sites for hydroxylation is 2. The van der Waals surface area contributed by atoms with Gasteiger partial charge in [0, 0.05) is 30.2 Å². The molecular weight excluding hydrogens is 244 g/mol. The number of hydrogen-bond donors (Lipinski definition) is 1. The van der Waals surface area contributed by atoms with Crippen molar-refractivity contribution in [3.05, 3.63) is 39.5 Å². The van der Waals surface area contributed by atoms with Crippen molar-refractivity contribution >= 4 is 17.2 Å². The molecule has 0 spiro atoms. The van der Waals surface area contributed by atoms with Crippen LogP contribution in [0.3, 0.4) is 0 Å². The van der Waals surface area contributed by atoms with Gasteiger partial charge in [0.15, 0.2) is 0 Å². The van der Waals surface area contributed by atoms with E-state index in [0.717, 1.165) is 29.3 Å². The van der Waals surface area contributed by atoms with Crippen LogP contribution in [-0.2, 0) is 13.1 Å². The number of nitrogens with zero attached hydrogens (tertiary/aromatic N) is 3. The Morgan fingerprint density at radius 3 is 2.78 bits per heavy atom. The Bertz CT molecular complexity index is 522. The van der Waals surface area contributed by atoms with E-state index in [1.807, 2.05) is 19.5 Å². The van der Waals surface area contributed by atoms with Crippen molar-refractivity contribution in [2.24, 2.45) is 5.73 Å². The molecule has 0 saturated carbocycles. The van der Waals surface area contributed by atoms with Gasteiger partial charge in [-0.3, -0.25) is 0 Å². The summed E-state index contributed by atoms with van der Waals surface area (Å²) < 4.78 is 0. The van der Waals surface area contributed by atoms with Gasteiger partial charge in [-0.2, -0.15) is 0 Å². The first-order valence-electron chi connectivity index (χ1n) is 5.87. The quantitative estimate of drug-likeness (QED) is 0.918. The van der Waals surface area contributed by atoms with E-state index in [1.54, 1.807) is 11.3 Å². The van der Waals surface area contributed by atoms with Crippen LogP contribution < -0.4 is 10.6 Å². The molecule has 2 rings (SSSR count). The van der Waals surface area contributed by atoms with Crippen LogP contribution >= 0.6 is 11.3 Å². The molecule has 4 nitrogen and oxygen atoms in total. The van der Waals surface area contributed by atoms with Gasteiger partial charge >= 0.3 is 0 Å². The van der Waals surface area contributed by atoms with E-state index in [0.29, 0.717) is 6.54 Å². The summed E-state index contributed by atoms with van der Waals surface area (Å²) in [6, 6.07) is 2.07. The van der Waals surface area contributed by atoms with Gasteiger partial charge < -0.3 is 10.6 Å². The summed E-state index contributed by atoms with van der Waals surface area (Å²) in [6.07, 6.45) is 0. The number of anilines is 1. The second-order valence-electron chi connectivity index (χ2n) is 4.42. The highest BCUT2D eigenvalue weighted by Crippen LogP contribution is 2.22. The van der Waals surface area contributed by atoms with Gasteiger partial charge in [-0.25, -0.2) is 9.97 Å². The maximum absolute atomic E-state index is 5.83.